The number of nitrogens with zero attached hydrogens (tertiary/aromatic N) is 1. The summed E-state index contributed by atoms with van der Waals surface area (Å²) in [7, 11) is 3.43. The Morgan fingerprint density at radius 2 is 1.86 bits per heavy atom. The Labute approximate surface area is 128 Å². The van der Waals surface area contributed by atoms with Crippen molar-refractivity contribution in [3.05, 3.63) is 64.4 Å². The maximum Gasteiger partial charge on any atom is 0.253 e. The largest absolute Gasteiger partial charge is 0.381 e. The highest BCUT2D eigenvalue weighted by Gasteiger charge is 2.07. The van der Waals surface area contributed by atoms with Gasteiger partial charge < -0.3 is 10.2 Å². The minimum Gasteiger partial charge on any atom is -0.381 e. The first-order valence-electron chi connectivity index (χ1n) is 6.47. The Morgan fingerprint density at radius 3 is 2.43 bits per heavy atom. The van der Waals surface area contributed by atoms with Crippen LogP contribution in [0.4, 0.5) is 10.1 Å². The summed E-state index contributed by atoms with van der Waals surface area (Å²) in [5.74, 6) is -0.459. The van der Waals surface area contributed by atoms with Gasteiger partial charge in [0.15, 0.2) is 0 Å². The number of hydrogen-bond donors (Lipinski definition) is 1. The van der Waals surface area contributed by atoms with Crippen molar-refractivity contribution in [2.24, 2.45) is 0 Å². The van der Waals surface area contributed by atoms with E-state index in [9.17, 15) is 9.18 Å². The molecule has 0 radical (unpaired) electrons. The lowest BCUT2D eigenvalue weighted by Crippen LogP contribution is -2.21. The molecule has 2 rings (SSSR count). The molecule has 1 N–H and O–H groups in total. The van der Waals surface area contributed by atoms with Crippen molar-refractivity contribution in [2.75, 3.05) is 19.4 Å². The zero-order valence-electron chi connectivity index (χ0n) is 11.9. The van der Waals surface area contributed by atoms with Crippen molar-refractivity contribution in [1.82, 2.24) is 4.90 Å². The number of rotatable bonds is 4. The number of benzene rings is 2. The third-order valence-corrected chi connectivity index (χ3v) is 3.31. The molecule has 0 spiro atoms. The topological polar surface area (TPSA) is 32.3 Å². The molecular weight excluding hydrogens is 291 g/mol. The number of nitrogens with one attached hydrogen (secondary N) is 1. The number of carbonyl (C=O) groups excluding carboxylic acids is 1. The van der Waals surface area contributed by atoms with E-state index in [1.54, 1.807) is 38.4 Å². The summed E-state index contributed by atoms with van der Waals surface area (Å²) >= 11 is 5.74. The summed E-state index contributed by atoms with van der Waals surface area (Å²) < 4.78 is 13.1. The molecular formula is C16H16ClFN2O. The van der Waals surface area contributed by atoms with E-state index in [-0.39, 0.29) is 10.9 Å². The molecule has 0 aliphatic rings. The lowest BCUT2D eigenvalue weighted by molar-refractivity contribution is 0.0827. The van der Waals surface area contributed by atoms with Crippen molar-refractivity contribution < 1.29 is 9.18 Å². The standard InChI is InChI=1S/C16H16ClFN2O/c1-20(2)16(21)12-4-6-13(7-5-12)19-10-11-3-8-15(18)14(17)9-11/h3-9,19H,10H2,1-2H3. The molecule has 0 atom stereocenters. The molecule has 0 aliphatic heterocycles. The summed E-state index contributed by atoms with van der Waals surface area (Å²) in [4.78, 5) is 13.3. The Balaban J connectivity index is 2.00. The monoisotopic (exact) mass is 306 g/mol. The first-order chi connectivity index (χ1) is 9.97. The maximum atomic E-state index is 13.1. The number of hydrogen-bond acceptors (Lipinski definition) is 2. The molecule has 0 unspecified atom stereocenters. The van der Waals surface area contributed by atoms with Crippen LogP contribution in [0, 0.1) is 5.82 Å². The van der Waals surface area contributed by atoms with Gasteiger partial charge in [-0.1, -0.05) is 17.7 Å². The van der Waals surface area contributed by atoms with Gasteiger partial charge in [0, 0.05) is 31.9 Å². The van der Waals surface area contributed by atoms with Crippen LogP contribution in [0.3, 0.4) is 0 Å². The molecule has 0 fully saturated rings. The zero-order valence-corrected chi connectivity index (χ0v) is 12.6. The smallest absolute Gasteiger partial charge is 0.253 e. The molecule has 5 heteroatoms. The number of amides is 1. The van der Waals surface area contributed by atoms with E-state index in [0.717, 1.165) is 11.3 Å². The van der Waals surface area contributed by atoms with Gasteiger partial charge in [-0.05, 0) is 42.0 Å². The fraction of sp³-hybridized carbons (Fsp3) is 0.188. The second-order valence-corrected chi connectivity index (χ2v) is 5.29. The van der Waals surface area contributed by atoms with Crippen LogP contribution in [0.25, 0.3) is 0 Å². The summed E-state index contributed by atoms with van der Waals surface area (Å²) in [5.41, 5.74) is 2.40. The third-order valence-electron chi connectivity index (χ3n) is 3.02. The van der Waals surface area contributed by atoms with Gasteiger partial charge in [-0.2, -0.15) is 0 Å². The minimum absolute atomic E-state index is 0.0353. The first kappa shape index (κ1) is 15.3. The summed E-state index contributed by atoms with van der Waals surface area (Å²) in [5, 5.41) is 3.31. The summed E-state index contributed by atoms with van der Waals surface area (Å²) in [6.45, 7) is 0.529. The molecule has 0 aliphatic carbocycles. The lowest BCUT2D eigenvalue weighted by atomic mass is 10.1. The zero-order chi connectivity index (χ0) is 15.4. The van der Waals surface area contributed by atoms with Gasteiger partial charge in [-0.15, -0.1) is 0 Å². The van der Waals surface area contributed by atoms with Crippen molar-refractivity contribution in [1.29, 1.82) is 0 Å². The highest BCUT2D eigenvalue weighted by atomic mass is 35.5. The molecule has 0 saturated carbocycles. The van der Waals surface area contributed by atoms with Crippen LogP contribution in [0.5, 0.6) is 0 Å². The summed E-state index contributed by atoms with van der Waals surface area (Å²) in [6, 6.07) is 11.8. The van der Waals surface area contributed by atoms with E-state index in [0.29, 0.717) is 12.1 Å². The molecule has 0 saturated heterocycles. The number of halogens is 2. The fourth-order valence-corrected chi connectivity index (χ4v) is 2.05. The van der Waals surface area contributed by atoms with Crippen molar-refractivity contribution in [2.45, 2.75) is 6.54 Å². The second kappa shape index (κ2) is 6.59. The van der Waals surface area contributed by atoms with Crippen LogP contribution in [0.2, 0.25) is 5.02 Å². The molecule has 2 aromatic rings. The van der Waals surface area contributed by atoms with E-state index in [1.165, 1.54) is 11.0 Å². The van der Waals surface area contributed by atoms with Gasteiger partial charge in [0.05, 0.1) is 5.02 Å². The quantitative estimate of drug-likeness (QED) is 0.932. The van der Waals surface area contributed by atoms with Gasteiger partial charge in [0.1, 0.15) is 5.82 Å². The molecule has 110 valence electrons. The first-order valence-corrected chi connectivity index (χ1v) is 6.84. The normalized spacial score (nSPS) is 10.3. The Kier molecular flexibility index (Phi) is 4.81. The fourth-order valence-electron chi connectivity index (χ4n) is 1.84. The average Bonchev–Trinajstić information content (AvgIpc) is 2.48. The molecule has 0 aromatic heterocycles. The van der Waals surface area contributed by atoms with Gasteiger partial charge in [-0.25, -0.2) is 4.39 Å². The van der Waals surface area contributed by atoms with E-state index in [4.69, 9.17) is 11.6 Å². The summed E-state index contributed by atoms with van der Waals surface area (Å²) in [6.07, 6.45) is 0. The van der Waals surface area contributed by atoms with Crippen LogP contribution < -0.4 is 5.32 Å². The van der Waals surface area contributed by atoms with Crippen molar-refractivity contribution in [3.63, 3.8) is 0 Å². The second-order valence-electron chi connectivity index (χ2n) is 4.88. The molecule has 0 bridgehead atoms. The van der Waals surface area contributed by atoms with Crippen LogP contribution in [0.1, 0.15) is 15.9 Å². The predicted octanol–water partition coefficient (Wildman–Crippen LogP) is 3.79. The Morgan fingerprint density at radius 1 is 1.19 bits per heavy atom. The van der Waals surface area contributed by atoms with Crippen LogP contribution in [-0.4, -0.2) is 24.9 Å². The van der Waals surface area contributed by atoms with Gasteiger partial charge in [0.2, 0.25) is 0 Å². The van der Waals surface area contributed by atoms with Crippen LogP contribution in [-0.2, 0) is 6.54 Å². The molecule has 2 aromatic carbocycles. The highest BCUT2D eigenvalue weighted by Crippen LogP contribution is 2.17. The molecule has 21 heavy (non-hydrogen) atoms. The van der Waals surface area contributed by atoms with Gasteiger partial charge >= 0.3 is 0 Å². The van der Waals surface area contributed by atoms with E-state index >= 15 is 0 Å². The highest BCUT2D eigenvalue weighted by molar-refractivity contribution is 6.30. The maximum absolute atomic E-state index is 13.1. The Hall–Kier alpha value is -2.07. The molecule has 0 heterocycles. The average molecular weight is 307 g/mol. The van der Waals surface area contributed by atoms with Gasteiger partial charge in [-0.3, -0.25) is 4.79 Å². The number of carbonyl (C=O) groups is 1. The van der Waals surface area contributed by atoms with Crippen molar-refractivity contribution >= 4 is 23.2 Å². The van der Waals surface area contributed by atoms with E-state index in [1.807, 2.05) is 12.1 Å². The third kappa shape index (κ3) is 3.95. The molecule has 3 nitrogen and oxygen atoms in total. The SMILES string of the molecule is CN(C)C(=O)c1ccc(NCc2ccc(F)c(Cl)c2)cc1. The van der Waals surface area contributed by atoms with E-state index in [2.05, 4.69) is 5.32 Å². The minimum atomic E-state index is -0.424. The predicted molar refractivity (Wildman–Crippen MR) is 83.2 cm³/mol. The van der Waals surface area contributed by atoms with Crippen molar-refractivity contribution in [3.8, 4) is 0 Å². The molecule has 1 amide bonds. The lowest BCUT2D eigenvalue weighted by Gasteiger charge is -2.11. The van der Waals surface area contributed by atoms with Crippen LogP contribution >= 0.6 is 11.6 Å². The van der Waals surface area contributed by atoms with Gasteiger partial charge in [0.25, 0.3) is 5.91 Å². The Bertz CT molecular complexity index is 641. The van der Waals surface area contributed by atoms with E-state index < -0.39 is 5.82 Å². The van der Waals surface area contributed by atoms with Crippen LogP contribution in [0.15, 0.2) is 42.5 Å². The number of anilines is 1.